The highest BCUT2D eigenvalue weighted by Crippen LogP contribution is 2.34. The van der Waals surface area contributed by atoms with Crippen LogP contribution in [0, 0.1) is 6.92 Å². The predicted octanol–water partition coefficient (Wildman–Crippen LogP) is 2.05. The summed E-state index contributed by atoms with van der Waals surface area (Å²) in [5.74, 6) is -0.237. The summed E-state index contributed by atoms with van der Waals surface area (Å²) in [4.78, 5) is 14.5. The molecule has 3 rings (SSSR count). The molecule has 5 heteroatoms. The van der Waals surface area contributed by atoms with Crippen molar-refractivity contribution in [2.45, 2.75) is 31.1 Å². The molecular weight excluding hydrogens is 274 g/mol. The summed E-state index contributed by atoms with van der Waals surface area (Å²) < 4.78 is 25.5. The van der Waals surface area contributed by atoms with Crippen molar-refractivity contribution in [3.8, 4) is 0 Å². The van der Waals surface area contributed by atoms with Gasteiger partial charge in [-0.15, -0.1) is 0 Å². The summed E-state index contributed by atoms with van der Waals surface area (Å²) in [5.41, 5.74) is 1.72. The van der Waals surface area contributed by atoms with E-state index < -0.39 is 9.84 Å². The lowest BCUT2D eigenvalue weighted by atomic mass is 10.1. The fourth-order valence-electron chi connectivity index (χ4n) is 2.89. The van der Waals surface area contributed by atoms with Gasteiger partial charge in [-0.25, -0.2) is 8.42 Å². The van der Waals surface area contributed by atoms with Crippen LogP contribution in [-0.2, 0) is 14.6 Å². The number of benzene rings is 1. The molecule has 20 heavy (non-hydrogen) atoms. The smallest absolute Gasteiger partial charge is 0.211 e. The monoisotopic (exact) mass is 291 g/mol. The summed E-state index contributed by atoms with van der Waals surface area (Å²) >= 11 is 0. The Bertz CT molecular complexity index is 686. The van der Waals surface area contributed by atoms with Gasteiger partial charge in [0.2, 0.25) is 9.84 Å². The van der Waals surface area contributed by atoms with Gasteiger partial charge in [-0.2, -0.15) is 0 Å². The first-order chi connectivity index (χ1) is 9.50. The normalized spacial score (nSPS) is 19.4. The van der Waals surface area contributed by atoms with Crippen LogP contribution in [0.2, 0.25) is 0 Å². The van der Waals surface area contributed by atoms with E-state index in [2.05, 4.69) is 0 Å². The Kier molecular flexibility index (Phi) is 3.17. The average molecular weight is 291 g/mol. The zero-order chi connectivity index (χ0) is 14.3. The van der Waals surface area contributed by atoms with Crippen LogP contribution < -0.4 is 0 Å². The molecule has 0 amide bonds. The number of allylic oxidation sites excluding steroid dienone is 2. The van der Waals surface area contributed by atoms with Crippen molar-refractivity contribution in [2.75, 3.05) is 13.1 Å². The van der Waals surface area contributed by atoms with Crippen molar-refractivity contribution in [3.63, 3.8) is 0 Å². The maximum absolute atomic E-state index is 12.7. The fraction of sp³-hybridized carbons (Fsp3) is 0.400. The molecule has 0 saturated carbocycles. The maximum Gasteiger partial charge on any atom is 0.211 e. The molecular formula is C15H17NO3S. The minimum absolute atomic E-state index is 0.0325. The molecule has 2 aliphatic heterocycles. The van der Waals surface area contributed by atoms with Crippen molar-refractivity contribution in [3.05, 3.63) is 40.4 Å². The molecule has 4 nitrogen and oxygen atoms in total. The van der Waals surface area contributed by atoms with Gasteiger partial charge in [0, 0.05) is 25.2 Å². The summed E-state index contributed by atoms with van der Waals surface area (Å²) in [5, 5.41) is 0. The number of hydrogen-bond donors (Lipinski definition) is 0. The van der Waals surface area contributed by atoms with Gasteiger partial charge in [-0.1, -0.05) is 17.7 Å². The highest BCUT2D eigenvalue weighted by Gasteiger charge is 2.37. The highest BCUT2D eigenvalue weighted by atomic mass is 32.2. The van der Waals surface area contributed by atoms with Crippen LogP contribution in [-0.4, -0.2) is 32.2 Å². The molecule has 0 aromatic heterocycles. The molecule has 1 saturated heterocycles. The molecule has 1 aromatic rings. The first-order valence-electron chi connectivity index (χ1n) is 6.83. The van der Waals surface area contributed by atoms with E-state index >= 15 is 0 Å². The lowest BCUT2D eigenvalue weighted by Gasteiger charge is -2.27. The van der Waals surface area contributed by atoms with Crippen LogP contribution in [0.25, 0.3) is 0 Å². The Morgan fingerprint density at radius 1 is 1.05 bits per heavy atom. The van der Waals surface area contributed by atoms with Crippen molar-refractivity contribution in [2.24, 2.45) is 0 Å². The number of rotatable bonds is 2. The number of sulfone groups is 1. The Labute approximate surface area is 119 Å². The molecule has 0 spiro atoms. The van der Waals surface area contributed by atoms with E-state index in [9.17, 15) is 13.2 Å². The lowest BCUT2D eigenvalue weighted by Crippen LogP contribution is -2.32. The van der Waals surface area contributed by atoms with Crippen molar-refractivity contribution < 1.29 is 13.2 Å². The number of nitrogens with zero attached hydrogens (tertiary/aromatic N) is 1. The van der Waals surface area contributed by atoms with Crippen LogP contribution >= 0.6 is 0 Å². The summed E-state index contributed by atoms with van der Waals surface area (Å²) in [7, 11) is -3.69. The predicted molar refractivity (Wildman–Crippen MR) is 75.8 cm³/mol. The standard InChI is InChI=1S/C15H17NO3S/c1-11-4-6-12(7-5-11)20(18,19)15-13-3-2-9-16(13)10-8-14(15)17/h4-7H,2-3,8-10H2,1H3. The van der Waals surface area contributed by atoms with E-state index in [4.69, 9.17) is 0 Å². The molecule has 0 radical (unpaired) electrons. The van der Waals surface area contributed by atoms with Gasteiger partial charge in [0.15, 0.2) is 5.78 Å². The molecule has 0 unspecified atom stereocenters. The fourth-order valence-corrected chi connectivity index (χ4v) is 4.56. The zero-order valence-corrected chi connectivity index (χ0v) is 12.2. The SMILES string of the molecule is Cc1ccc(S(=O)(=O)C2=C3CCCN3CCC2=O)cc1. The molecule has 106 valence electrons. The van der Waals surface area contributed by atoms with Gasteiger partial charge in [0.25, 0.3) is 0 Å². The Balaban J connectivity index is 2.14. The topological polar surface area (TPSA) is 54.5 Å². The number of carbonyl (C=O) groups excluding carboxylic acids is 1. The largest absolute Gasteiger partial charge is 0.373 e. The average Bonchev–Trinajstić information content (AvgIpc) is 2.86. The molecule has 2 heterocycles. The first-order valence-corrected chi connectivity index (χ1v) is 8.31. The Hall–Kier alpha value is -1.62. The first kappa shape index (κ1) is 13.4. The van der Waals surface area contributed by atoms with Gasteiger partial charge < -0.3 is 4.90 Å². The zero-order valence-electron chi connectivity index (χ0n) is 11.4. The molecule has 1 aromatic carbocycles. The van der Waals surface area contributed by atoms with Gasteiger partial charge in [-0.3, -0.25) is 4.79 Å². The van der Waals surface area contributed by atoms with E-state index in [0.29, 0.717) is 19.4 Å². The van der Waals surface area contributed by atoms with Gasteiger partial charge in [0.1, 0.15) is 4.91 Å². The summed E-state index contributed by atoms with van der Waals surface area (Å²) in [6.07, 6.45) is 1.91. The van der Waals surface area contributed by atoms with E-state index in [1.807, 2.05) is 11.8 Å². The van der Waals surface area contributed by atoms with E-state index in [0.717, 1.165) is 24.2 Å². The number of hydrogen-bond acceptors (Lipinski definition) is 4. The van der Waals surface area contributed by atoms with E-state index in [-0.39, 0.29) is 15.6 Å². The van der Waals surface area contributed by atoms with Crippen LogP contribution in [0.4, 0.5) is 0 Å². The number of fused-ring (bicyclic) bond motifs is 1. The van der Waals surface area contributed by atoms with Crippen molar-refractivity contribution >= 4 is 15.6 Å². The van der Waals surface area contributed by atoms with Crippen LogP contribution in [0.3, 0.4) is 0 Å². The van der Waals surface area contributed by atoms with Gasteiger partial charge in [-0.05, 0) is 31.9 Å². The van der Waals surface area contributed by atoms with E-state index in [1.165, 1.54) is 0 Å². The third-order valence-electron chi connectivity index (χ3n) is 3.95. The second-order valence-corrected chi connectivity index (χ2v) is 7.24. The number of Topliss-reactive ketones (excluding diaryl/α,β-unsaturated/α-hetero) is 1. The Morgan fingerprint density at radius 2 is 1.75 bits per heavy atom. The van der Waals surface area contributed by atoms with Crippen molar-refractivity contribution in [1.29, 1.82) is 0 Å². The third-order valence-corrected chi connectivity index (χ3v) is 5.84. The van der Waals surface area contributed by atoms with Crippen LogP contribution in [0.5, 0.6) is 0 Å². The lowest BCUT2D eigenvalue weighted by molar-refractivity contribution is -0.115. The quantitative estimate of drug-likeness (QED) is 0.837. The van der Waals surface area contributed by atoms with Crippen LogP contribution in [0.1, 0.15) is 24.8 Å². The molecule has 2 aliphatic rings. The molecule has 0 atom stereocenters. The van der Waals surface area contributed by atoms with Gasteiger partial charge in [0.05, 0.1) is 4.90 Å². The minimum atomic E-state index is -3.69. The minimum Gasteiger partial charge on any atom is -0.373 e. The molecule has 0 aliphatic carbocycles. The second kappa shape index (κ2) is 4.74. The number of carbonyl (C=O) groups is 1. The van der Waals surface area contributed by atoms with E-state index in [1.54, 1.807) is 24.3 Å². The molecule has 0 N–H and O–H groups in total. The third kappa shape index (κ3) is 2.06. The summed E-state index contributed by atoms with van der Waals surface area (Å²) in [6.45, 7) is 3.42. The summed E-state index contributed by atoms with van der Waals surface area (Å²) in [6, 6.07) is 6.69. The van der Waals surface area contributed by atoms with Crippen molar-refractivity contribution in [1.82, 2.24) is 4.90 Å². The second-order valence-electron chi connectivity index (χ2n) is 5.36. The van der Waals surface area contributed by atoms with Crippen LogP contribution in [0.15, 0.2) is 39.8 Å². The maximum atomic E-state index is 12.7. The number of ketones is 1. The molecule has 1 fully saturated rings. The van der Waals surface area contributed by atoms with Gasteiger partial charge >= 0.3 is 0 Å². The highest BCUT2D eigenvalue weighted by molar-refractivity contribution is 7.96. The number of aryl methyl sites for hydroxylation is 1. The Morgan fingerprint density at radius 3 is 2.45 bits per heavy atom. The molecule has 0 bridgehead atoms.